The van der Waals surface area contributed by atoms with Crippen LogP contribution in [0.15, 0.2) is 0 Å². The van der Waals surface area contributed by atoms with Crippen LogP contribution in [0.25, 0.3) is 0 Å². The van der Waals surface area contributed by atoms with Crippen molar-refractivity contribution in [3.63, 3.8) is 0 Å². The molecule has 0 aliphatic carbocycles. The molecule has 0 aromatic carbocycles. The molecule has 1 fully saturated rings. The van der Waals surface area contributed by atoms with Crippen molar-refractivity contribution in [2.45, 2.75) is 6.18 Å². The molecule has 3 N–H and O–H groups in total. The topological polar surface area (TPSA) is 91.1 Å². The van der Waals surface area contributed by atoms with E-state index in [-0.39, 0.29) is 38.0 Å². The van der Waals surface area contributed by atoms with E-state index in [0.29, 0.717) is 0 Å². The Morgan fingerprint density at radius 3 is 2.42 bits per heavy atom. The number of halogens is 3. The number of amides is 1. The number of piperazine rings is 1. The molecule has 1 saturated heterocycles. The number of carbonyl (C=O) groups is 1. The maximum atomic E-state index is 12.2. The SMILES string of the molecule is Nc1n[nH]c(C(=O)N2CCN(CC(F)(F)F)CC2)n1. The minimum absolute atomic E-state index is 0.00164. The zero-order valence-corrected chi connectivity index (χ0v) is 9.94. The molecular weight excluding hydrogens is 265 g/mol. The average Bonchev–Trinajstić information content (AvgIpc) is 2.74. The van der Waals surface area contributed by atoms with Crippen LogP contribution in [0.4, 0.5) is 19.1 Å². The van der Waals surface area contributed by atoms with Gasteiger partial charge in [-0.05, 0) is 0 Å². The molecule has 0 saturated carbocycles. The highest BCUT2D eigenvalue weighted by molar-refractivity contribution is 5.90. The molecule has 1 aliphatic rings. The van der Waals surface area contributed by atoms with Crippen molar-refractivity contribution >= 4 is 11.9 Å². The van der Waals surface area contributed by atoms with Crippen LogP contribution in [0.2, 0.25) is 0 Å². The fourth-order valence-corrected chi connectivity index (χ4v) is 1.88. The first-order valence-corrected chi connectivity index (χ1v) is 5.61. The number of anilines is 1. The van der Waals surface area contributed by atoms with E-state index in [0.717, 1.165) is 0 Å². The first-order chi connectivity index (χ1) is 8.85. The van der Waals surface area contributed by atoms with Crippen LogP contribution in [-0.4, -0.2) is 69.8 Å². The van der Waals surface area contributed by atoms with Gasteiger partial charge in [-0.25, -0.2) is 0 Å². The number of aromatic nitrogens is 3. The number of H-pyrrole nitrogens is 1. The molecule has 1 aromatic rings. The summed E-state index contributed by atoms with van der Waals surface area (Å²) in [6, 6.07) is 0. The van der Waals surface area contributed by atoms with Gasteiger partial charge < -0.3 is 10.6 Å². The molecule has 19 heavy (non-hydrogen) atoms. The van der Waals surface area contributed by atoms with Gasteiger partial charge in [0.2, 0.25) is 11.8 Å². The largest absolute Gasteiger partial charge is 0.401 e. The number of hydrogen-bond donors (Lipinski definition) is 2. The van der Waals surface area contributed by atoms with Crippen LogP contribution in [-0.2, 0) is 0 Å². The summed E-state index contributed by atoms with van der Waals surface area (Å²) in [6.45, 7) is -0.168. The molecule has 10 heteroatoms. The van der Waals surface area contributed by atoms with Crippen molar-refractivity contribution in [2.24, 2.45) is 0 Å². The summed E-state index contributed by atoms with van der Waals surface area (Å²) in [5, 5.41) is 5.91. The van der Waals surface area contributed by atoms with Crippen LogP contribution in [0.1, 0.15) is 10.6 Å². The van der Waals surface area contributed by atoms with Crippen LogP contribution in [0, 0.1) is 0 Å². The highest BCUT2D eigenvalue weighted by atomic mass is 19.4. The van der Waals surface area contributed by atoms with Crippen LogP contribution < -0.4 is 5.73 Å². The van der Waals surface area contributed by atoms with E-state index in [1.807, 2.05) is 0 Å². The van der Waals surface area contributed by atoms with E-state index in [1.54, 1.807) is 0 Å². The summed E-state index contributed by atoms with van der Waals surface area (Å²) < 4.78 is 36.6. The van der Waals surface area contributed by atoms with Gasteiger partial charge in [0.1, 0.15) is 0 Å². The number of aromatic amines is 1. The number of alkyl halides is 3. The molecule has 2 rings (SSSR count). The van der Waals surface area contributed by atoms with E-state index >= 15 is 0 Å². The van der Waals surface area contributed by atoms with E-state index in [4.69, 9.17) is 5.73 Å². The molecule has 0 spiro atoms. The minimum Gasteiger partial charge on any atom is -0.366 e. The Labute approximate surface area is 106 Å². The second-order valence-electron chi connectivity index (χ2n) is 4.23. The zero-order valence-electron chi connectivity index (χ0n) is 9.94. The maximum absolute atomic E-state index is 12.2. The fourth-order valence-electron chi connectivity index (χ4n) is 1.88. The highest BCUT2D eigenvalue weighted by Crippen LogP contribution is 2.17. The molecule has 0 atom stereocenters. The van der Waals surface area contributed by atoms with Gasteiger partial charge in [-0.3, -0.25) is 14.8 Å². The smallest absolute Gasteiger partial charge is 0.366 e. The highest BCUT2D eigenvalue weighted by Gasteiger charge is 2.33. The van der Waals surface area contributed by atoms with Gasteiger partial charge in [-0.15, -0.1) is 5.10 Å². The van der Waals surface area contributed by atoms with Crippen molar-refractivity contribution in [1.29, 1.82) is 0 Å². The molecule has 0 radical (unpaired) electrons. The first kappa shape index (κ1) is 13.6. The zero-order chi connectivity index (χ0) is 14.0. The number of carbonyl (C=O) groups excluding carboxylic acids is 1. The van der Waals surface area contributed by atoms with Gasteiger partial charge in [-0.2, -0.15) is 18.2 Å². The molecule has 7 nitrogen and oxygen atoms in total. The molecule has 1 amide bonds. The van der Waals surface area contributed by atoms with Gasteiger partial charge in [0, 0.05) is 26.2 Å². The fraction of sp³-hybridized carbons (Fsp3) is 0.667. The minimum atomic E-state index is -4.22. The van der Waals surface area contributed by atoms with Crippen molar-refractivity contribution in [2.75, 3.05) is 38.5 Å². The molecule has 0 bridgehead atoms. The van der Waals surface area contributed by atoms with E-state index in [1.165, 1.54) is 9.80 Å². The lowest BCUT2D eigenvalue weighted by Gasteiger charge is -2.34. The molecule has 1 aliphatic heterocycles. The first-order valence-electron chi connectivity index (χ1n) is 5.61. The Balaban J connectivity index is 1.88. The van der Waals surface area contributed by atoms with Crippen LogP contribution in [0.3, 0.4) is 0 Å². The number of nitrogens with one attached hydrogen (secondary N) is 1. The van der Waals surface area contributed by atoms with E-state index in [9.17, 15) is 18.0 Å². The van der Waals surface area contributed by atoms with Crippen molar-refractivity contribution < 1.29 is 18.0 Å². The van der Waals surface area contributed by atoms with Gasteiger partial charge in [0.15, 0.2) is 0 Å². The predicted octanol–water partition coefficient (Wildman–Crippen LogP) is -0.293. The Kier molecular flexibility index (Phi) is 3.60. The lowest BCUT2D eigenvalue weighted by Crippen LogP contribution is -2.51. The van der Waals surface area contributed by atoms with E-state index < -0.39 is 18.6 Å². The second kappa shape index (κ2) is 5.03. The Morgan fingerprint density at radius 1 is 1.32 bits per heavy atom. The molecule has 1 aromatic heterocycles. The monoisotopic (exact) mass is 278 g/mol. The molecule has 106 valence electrons. The summed E-state index contributed by atoms with van der Waals surface area (Å²) >= 11 is 0. The number of nitrogen functional groups attached to an aromatic ring is 1. The van der Waals surface area contributed by atoms with Crippen molar-refractivity contribution in [3.05, 3.63) is 5.82 Å². The molecular formula is C9H13F3N6O. The van der Waals surface area contributed by atoms with Crippen LogP contribution >= 0.6 is 0 Å². The van der Waals surface area contributed by atoms with E-state index in [2.05, 4.69) is 15.2 Å². The summed E-state index contributed by atoms with van der Waals surface area (Å²) in [5.74, 6) is -0.448. The summed E-state index contributed by atoms with van der Waals surface area (Å²) in [7, 11) is 0. The molecule has 2 heterocycles. The second-order valence-corrected chi connectivity index (χ2v) is 4.23. The van der Waals surface area contributed by atoms with Gasteiger partial charge in [-0.1, -0.05) is 0 Å². The summed E-state index contributed by atoms with van der Waals surface area (Å²) in [5.41, 5.74) is 5.28. The van der Waals surface area contributed by atoms with Crippen molar-refractivity contribution in [3.8, 4) is 0 Å². The van der Waals surface area contributed by atoms with Gasteiger partial charge >= 0.3 is 6.18 Å². The lowest BCUT2D eigenvalue weighted by molar-refractivity contribution is -0.148. The third-order valence-corrected chi connectivity index (χ3v) is 2.77. The standard InChI is InChI=1S/C9H13F3N6O/c10-9(11,12)5-17-1-3-18(4-2-17)7(19)6-14-8(13)16-15-6/h1-5H2,(H3,13,14,15,16). The number of hydrogen-bond acceptors (Lipinski definition) is 5. The van der Waals surface area contributed by atoms with Gasteiger partial charge in [0.05, 0.1) is 6.54 Å². The number of nitrogens with zero attached hydrogens (tertiary/aromatic N) is 4. The number of rotatable bonds is 2. The third kappa shape index (κ3) is 3.56. The predicted molar refractivity (Wildman–Crippen MR) is 59.2 cm³/mol. The van der Waals surface area contributed by atoms with Crippen LogP contribution in [0.5, 0.6) is 0 Å². The summed E-state index contributed by atoms with van der Waals surface area (Å²) in [4.78, 5) is 18.3. The maximum Gasteiger partial charge on any atom is 0.401 e. The Morgan fingerprint density at radius 2 is 1.95 bits per heavy atom. The van der Waals surface area contributed by atoms with Crippen molar-refractivity contribution in [1.82, 2.24) is 25.0 Å². The lowest BCUT2D eigenvalue weighted by atomic mass is 10.3. The Bertz CT molecular complexity index is 451. The third-order valence-electron chi connectivity index (χ3n) is 2.77. The normalized spacial score (nSPS) is 17.7. The van der Waals surface area contributed by atoms with Gasteiger partial charge in [0.25, 0.3) is 5.91 Å². The Hall–Kier alpha value is -1.84. The quantitative estimate of drug-likeness (QED) is 0.775. The molecule has 0 unspecified atom stereocenters. The average molecular weight is 278 g/mol. The summed E-state index contributed by atoms with van der Waals surface area (Å²) in [6.07, 6.45) is -4.22. The number of nitrogens with two attached hydrogens (primary N) is 1.